The van der Waals surface area contributed by atoms with Gasteiger partial charge in [0.15, 0.2) is 0 Å². The van der Waals surface area contributed by atoms with E-state index >= 15 is 0 Å². The summed E-state index contributed by atoms with van der Waals surface area (Å²) in [5.41, 5.74) is 1.24. The Kier molecular flexibility index (Phi) is 6.23. The maximum absolute atomic E-state index is 13.5. The summed E-state index contributed by atoms with van der Waals surface area (Å²) in [5, 5.41) is 12.9. The van der Waals surface area contributed by atoms with Crippen LogP contribution in [-0.2, 0) is 17.8 Å². The first-order chi connectivity index (χ1) is 18.3. The zero-order chi connectivity index (χ0) is 26.3. The number of carbonyl (C=O) groups excluding carboxylic acids is 2. The maximum atomic E-state index is 13.5. The Morgan fingerprint density at radius 2 is 1.87 bits per heavy atom. The molecular weight excluding hydrogens is 494 g/mol. The van der Waals surface area contributed by atoms with E-state index in [0.29, 0.717) is 69.3 Å². The average molecular weight is 525 g/mol. The molecule has 3 aromatic rings. The standard InChI is InChI=1S/C27H30F2N6O3/c28-27(29)8-6-19(7-9-27)10-23-31-32-24(38-23)22-14-34(17-26(22)15-33(16-26)18-36)25(37)21-11-30-35(13-21)12-20-4-2-1-3-5-20/h1-5,11,13,18-19,22H,6-10,12,14-17H2. The molecule has 3 fully saturated rings. The molecule has 1 atom stereocenters. The smallest absolute Gasteiger partial charge is 0.257 e. The molecule has 200 valence electrons. The molecule has 11 heteroatoms. The molecule has 0 N–H and O–H groups in total. The van der Waals surface area contributed by atoms with E-state index in [2.05, 4.69) is 15.3 Å². The van der Waals surface area contributed by atoms with Gasteiger partial charge in [0.25, 0.3) is 5.91 Å². The van der Waals surface area contributed by atoms with Crippen molar-refractivity contribution in [2.75, 3.05) is 26.2 Å². The van der Waals surface area contributed by atoms with Crippen LogP contribution < -0.4 is 0 Å². The van der Waals surface area contributed by atoms with Crippen molar-refractivity contribution in [1.82, 2.24) is 29.8 Å². The van der Waals surface area contributed by atoms with E-state index < -0.39 is 5.92 Å². The summed E-state index contributed by atoms with van der Waals surface area (Å²) < 4.78 is 34.8. The fourth-order valence-corrected chi connectivity index (χ4v) is 6.18. The Balaban J connectivity index is 1.15. The van der Waals surface area contributed by atoms with E-state index in [1.54, 1.807) is 26.9 Å². The highest BCUT2D eigenvalue weighted by atomic mass is 19.3. The van der Waals surface area contributed by atoms with Crippen LogP contribution in [-0.4, -0.2) is 74.2 Å². The van der Waals surface area contributed by atoms with Crippen molar-refractivity contribution in [1.29, 1.82) is 0 Å². The number of carbonyl (C=O) groups is 2. The Bertz CT molecular complexity index is 1290. The van der Waals surface area contributed by atoms with Crippen molar-refractivity contribution < 1.29 is 22.8 Å². The molecule has 0 radical (unpaired) electrons. The monoisotopic (exact) mass is 524 g/mol. The maximum Gasteiger partial charge on any atom is 0.257 e. The second-order valence-electron chi connectivity index (χ2n) is 11.1. The molecule has 9 nitrogen and oxygen atoms in total. The molecule has 1 unspecified atom stereocenters. The lowest BCUT2D eigenvalue weighted by atomic mass is 9.72. The quantitative estimate of drug-likeness (QED) is 0.440. The van der Waals surface area contributed by atoms with Crippen molar-refractivity contribution in [2.45, 2.75) is 50.5 Å². The van der Waals surface area contributed by atoms with Crippen molar-refractivity contribution in [2.24, 2.45) is 11.3 Å². The number of benzene rings is 1. The first kappa shape index (κ1) is 24.7. The van der Waals surface area contributed by atoms with Crippen LogP contribution >= 0.6 is 0 Å². The zero-order valence-corrected chi connectivity index (χ0v) is 21.0. The van der Waals surface area contributed by atoms with Crippen LogP contribution in [0, 0.1) is 11.3 Å². The van der Waals surface area contributed by atoms with Gasteiger partial charge in [-0.15, -0.1) is 10.2 Å². The summed E-state index contributed by atoms with van der Waals surface area (Å²) in [6.07, 6.45) is 5.30. The molecule has 1 aromatic carbocycles. The minimum absolute atomic E-state index is 0.0974. The molecule has 2 aromatic heterocycles. The Hall–Kier alpha value is -3.63. The van der Waals surface area contributed by atoms with Gasteiger partial charge in [-0.05, 0) is 24.3 Å². The molecule has 3 aliphatic rings. The van der Waals surface area contributed by atoms with Gasteiger partial charge >= 0.3 is 0 Å². The van der Waals surface area contributed by atoms with E-state index in [1.807, 2.05) is 30.3 Å². The van der Waals surface area contributed by atoms with Crippen molar-refractivity contribution >= 4 is 12.3 Å². The van der Waals surface area contributed by atoms with E-state index in [9.17, 15) is 18.4 Å². The van der Waals surface area contributed by atoms with Crippen molar-refractivity contribution in [3.8, 4) is 0 Å². The third kappa shape index (κ3) is 4.81. The number of halogens is 2. The highest BCUT2D eigenvalue weighted by molar-refractivity contribution is 5.94. The van der Waals surface area contributed by atoms with Crippen LogP contribution in [0.15, 0.2) is 47.1 Å². The van der Waals surface area contributed by atoms with E-state index in [-0.39, 0.29) is 36.0 Å². The van der Waals surface area contributed by atoms with Gasteiger partial charge in [0.2, 0.25) is 24.1 Å². The minimum atomic E-state index is -2.57. The molecular formula is C27H30F2N6O3. The number of amides is 2. The number of alkyl halides is 2. The van der Waals surface area contributed by atoms with Crippen molar-refractivity contribution in [3.63, 3.8) is 0 Å². The molecule has 6 rings (SSSR count). The van der Waals surface area contributed by atoms with Gasteiger partial charge < -0.3 is 14.2 Å². The molecule has 38 heavy (non-hydrogen) atoms. The van der Waals surface area contributed by atoms with Crippen LogP contribution in [0.4, 0.5) is 8.78 Å². The minimum Gasteiger partial charge on any atom is -0.425 e. The lowest BCUT2D eigenvalue weighted by molar-refractivity contribution is -0.129. The number of nitrogens with zero attached hydrogens (tertiary/aromatic N) is 6. The summed E-state index contributed by atoms with van der Waals surface area (Å²) in [7, 11) is 0. The molecule has 1 saturated carbocycles. The zero-order valence-electron chi connectivity index (χ0n) is 21.0. The molecule has 1 spiro atoms. The third-order valence-electron chi connectivity index (χ3n) is 8.27. The predicted molar refractivity (Wildman–Crippen MR) is 131 cm³/mol. The molecule has 2 saturated heterocycles. The summed E-state index contributed by atoms with van der Waals surface area (Å²) in [6, 6.07) is 9.90. The van der Waals surface area contributed by atoms with Gasteiger partial charge in [-0.1, -0.05) is 30.3 Å². The molecule has 2 aliphatic heterocycles. The number of rotatable bonds is 7. The average Bonchev–Trinajstić information content (AvgIpc) is 3.63. The van der Waals surface area contributed by atoms with E-state index in [4.69, 9.17) is 4.42 Å². The van der Waals surface area contributed by atoms with Gasteiger partial charge in [0.1, 0.15) is 0 Å². The van der Waals surface area contributed by atoms with Crippen LogP contribution in [0.5, 0.6) is 0 Å². The highest BCUT2D eigenvalue weighted by Crippen LogP contribution is 2.49. The van der Waals surface area contributed by atoms with Gasteiger partial charge in [-0.3, -0.25) is 14.3 Å². The number of hydrogen-bond donors (Lipinski definition) is 0. The first-order valence-corrected chi connectivity index (χ1v) is 13.1. The third-order valence-corrected chi connectivity index (χ3v) is 8.27. The van der Waals surface area contributed by atoms with Crippen LogP contribution in [0.3, 0.4) is 0 Å². The lowest BCUT2D eigenvalue weighted by Gasteiger charge is -2.48. The van der Waals surface area contributed by atoms with Crippen molar-refractivity contribution in [3.05, 3.63) is 65.6 Å². The molecule has 1 aliphatic carbocycles. The fourth-order valence-electron chi connectivity index (χ4n) is 6.18. The van der Waals surface area contributed by atoms with Crippen LogP contribution in [0.25, 0.3) is 0 Å². The second kappa shape index (κ2) is 9.59. The lowest BCUT2D eigenvalue weighted by Crippen LogP contribution is -2.59. The van der Waals surface area contributed by atoms with Gasteiger partial charge in [-0.25, -0.2) is 8.78 Å². The first-order valence-electron chi connectivity index (χ1n) is 13.1. The Morgan fingerprint density at radius 3 is 2.61 bits per heavy atom. The topological polar surface area (TPSA) is 97.4 Å². The molecule has 2 amide bonds. The second-order valence-corrected chi connectivity index (χ2v) is 11.1. The number of aromatic nitrogens is 4. The normalized spacial score (nSPS) is 22.5. The Labute approximate surface area is 218 Å². The number of likely N-dealkylation sites (tertiary alicyclic amines) is 2. The van der Waals surface area contributed by atoms with E-state index in [0.717, 1.165) is 12.0 Å². The molecule has 4 heterocycles. The summed E-state index contributed by atoms with van der Waals surface area (Å²) in [6.45, 7) is 2.45. The Morgan fingerprint density at radius 1 is 1.11 bits per heavy atom. The highest BCUT2D eigenvalue weighted by Gasteiger charge is 2.57. The van der Waals surface area contributed by atoms with Gasteiger partial charge in [0.05, 0.1) is 24.2 Å². The van der Waals surface area contributed by atoms with Gasteiger partial charge in [-0.2, -0.15) is 5.10 Å². The summed E-state index contributed by atoms with van der Waals surface area (Å²) in [4.78, 5) is 28.3. The van der Waals surface area contributed by atoms with E-state index in [1.165, 1.54) is 0 Å². The fraction of sp³-hybridized carbons (Fsp3) is 0.519. The van der Waals surface area contributed by atoms with Gasteiger partial charge in [0, 0.05) is 57.1 Å². The largest absolute Gasteiger partial charge is 0.425 e. The van der Waals surface area contributed by atoms with Crippen LogP contribution in [0.2, 0.25) is 0 Å². The predicted octanol–water partition coefficient (Wildman–Crippen LogP) is 3.38. The molecule has 0 bridgehead atoms. The van der Waals surface area contributed by atoms with Crippen LogP contribution in [0.1, 0.15) is 59.3 Å². The SMILES string of the molecule is O=CN1CC2(C1)CN(C(=O)c1cnn(Cc3ccccc3)c1)CC2c1nnc(CC2CCC(F)(F)CC2)o1. The summed E-state index contributed by atoms with van der Waals surface area (Å²) >= 11 is 0. The number of hydrogen-bond acceptors (Lipinski definition) is 6. The summed E-state index contributed by atoms with van der Waals surface area (Å²) in [5.74, 6) is -1.92.